The van der Waals surface area contributed by atoms with Crippen LogP contribution in [0.15, 0.2) is 46.2 Å². The van der Waals surface area contributed by atoms with Crippen molar-refractivity contribution in [2.45, 2.75) is 29.7 Å². The predicted molar refractivity (Wildman–Crippen MR) is 86.0 cm³/mol. The van der Waals surface area contributed by atoms with Crippen LogP contribution in [0.1, 0.15) is 28.4 Å². The van der Waals surface area contributed by atoms with Gasteiger partial charge in [0.2, 0.25) is 0 Å². The Labute approximate surface area is 140 Å². The number of aliphatic hydroxyl groups excluding tert-OH is 1. The standard InChI is InChI=1S/C15H16O7S2/c1-9-3-5-13(23(17,18)19)11(7-9)15(16)12-8-10(2)4-6-14(12)24(20,21)22/h3-8,15-16H,1-2H3,(H,17,18,19)(H,20,21,22). The molecule has 0 atom stereocenters. The first kappa shape index (κ1) is 18.6. The van der Waals surface area contributed by atoms with E-state index in [0.717, 1.165) is 12.1 Å². The molecular weight excluding hydrogens is 356 g/mol. The van der Waals surface area contributed by atoms with Crippen molar-refractivity contribution in [3.05, 3.63) is 58.7 Å². The minimum Gasteiger partial charge on any atom is -0.384 e. The molecule has 0 aliphatic heterocycles. The fourth-order valence-electron chi connectivity index (χ4n) is 2.40. The van der Waals surface area contributed by atoms with Crippen LogP contribution in [0.4, 0.5) is 0 Å². The summed E-state index contributed by atoms with van der Waals surface area (Å²) >= 11 is 0. The highest BCUT2D eigenvalue weighted by Crippen LogP contribution is 2.32. The molecule has 7 nitrogen and oxygen atoms in total. The van der Waals surface area contributed by atoms with Gasteiger partial charge in [0.1, 0.15) is 15.9 Å². The summed E-state index contributed by atoms with van der Waals surface area (Å²) in [6.45, 7) is 3.29. The molecule has 2 aromatic carbocycles. The molecule has 2 aromatic rings. The summed E-state index contributed by atoms with van der Waals surface area (Å²) in [6, 6.07) is 7.74. The molecule has 2 rings (SSSR count). The number of benzene rings is 2. The molecule has 9 heteroatoms. The Balaban J connectivity index is 2.78. The van der Waals surface area contributed by atoms with Gasteiger partial charge in [-0.1, -0.05) is 35.4 Å². The van der Waals surface area contributed by atoms with Crippen LogP contribution in [0.5, 0.6) is 0 Å². The monoisotopic (exact) mass is 372 g/mol. The maximum Gasteiger partial charge on any atom is 0.294 e. The van der Waals surface area contributed by atoms with Crippen molar-refractivity contribution in [2.24, 2.45) is 0 Å². The minimum absolute atomic E-state index is 0.187. The van der Waals surface area contributed by atoms with Crippen molar-refractivity contribution in [3.63, 3.8) is 0 Å². The van der Waals surface area contributed by atoms with Gasteiger partial charge < -0.3 is 5.11 Å². The predicted octanol–water partition coefficient (Wildman–Crippen LogP) is 1.88. The normalized spacial score (nSPS) is 12.6. The molecule has 0 unspecified atom stereocenters. The van der Waals surface area contributed by atoms with Crippen LogP contribution < -0.4 is 0 Å². The van der Waals surface area contributed by atoms with Crippen molar-refractivity contribution < 1.29 is 31.0 Å². The smallest absolute Gasteiger partial charge is 0.294 e. The van der Waals surface area contributed by atoms with Gasteiger partial charge in [-0.25, -0.2) is 0 Å². The lowest BCUT2D eigenvalue weighted by molar-refractivity contribution is 0.213. The van der Waals surface area contributed by atoms with E-state index >= 15 is 0 Å². The van der Waals surface area contributed by atoms with Gasteiger partial charge in [-0.3, -0.25) is 9.11 Å². The third-order valence-corrected chi connectivity index (χ3v) is 5.33. The lowest BCUT2D eigenvalue weighted by Crippen LogP contribution is -2.12. The molecule has 24 heavy (non-hydrogen) atoms. The van der Waals surface area contributed by atoms with E-state index in [-0.39, 0.29) is 11.1 Å². The SMILES string of the molecule is Cc1ccc(S(=O)(=O)O)c(C(O)c2cc(C)ccc2S(=O)(=O)O)c1. The number of aliphatic hydroxyl groups is 1. The Morgan fingerprint density at radius 1 is 0.750 bits per heavy atom. The molecule has 0 radical (unpaired) electrons. The Hall–Kier alpha value is -1.78. The molecule has 0 bridgehead atoms. The minimum atomic E-state index is -4.63. The molecule has 0 aromatic heterocycles. The van der Waals surface area contributed by atoms with Gasteiger partial charge in [-0.05, 0) is 26.0 Å². The zero-order valence-corrected chi connectivity index (χ0v) is 14.5. The molecule has 0 aliphatic carbocycles. The van der Waals surface area contributed by atoms with Crippen LogP contribution in [-0.4, -0.2) is 31.0 Å². The van der Waals surface area contributed by atoms with E-state index in [1.807, 2.05) is 0 Å². The van der Waals surface area contributed by atoms with Crippen LogP contribution in [0.2, 0.25) is 0 Å². The van der Waals surface area contributed by atoms with Crippen molar-refractivity contribution in [1.29, 1.82) is 0 Å². The third-order valence-electron chi connectivity index (χ3n) is 3.48. The molecule has 3 N–H and O–H groups in total. The van der Waals surface area contributed by atoms with Crippen molar-refractivity contribution in [3.8, 4) is 0 Å². The van der Waals surface area contributed by atoms with Crippen LogP contribution >= 0.6 is 0 Å². The average Bonchev–Trinajstić information content (AvgIpc) is 2.43. The topological polar surface area (TPSA) is 129 Å². The van der Waals surface area contributed by atoms with Gasteiger partial charge in [-0.15, -0.1) is 0 Å². The fourth-order valence-corrected chi connectivity index (χ4v) is 3.82. The summed E-state index contributed by atoms with van der Waals surface area (Å²) < 4.78 is 64.8. The Kier molecular flexibility index (Phi) is 4.84. The molecule has 0 saturated carbocycles. The van der Waals surface area contributed by atoms with Crippen LogP contribution in [-0.2, 0) is 20.2 Å². The van der Waals surface area contributed by atoms with Crippen LogP contribution in [0.25, 0.3) is 0 Å². The maximum atomic E-state index is 11.5. The summed E-state index contributed by atoms with van der Waals surface area (Å²) in [5.74, 6) is 0. The second kappa shape index (κ2) is 6.26. The first-order valence-electron chi connectivity index (χ1n) is 6.75. The number of hydrogen-bond acceptors (Lipinski definition) is 5. The van der Waals surface area contributed by atoms with Gasteiger partial charge in [0.25, 0.3) is 20.2 Å². The highest BCUT2D eigenvalue weighted by molar-refractivity contribution is 7.86. The van der Waals surface area contributed by atoms with Crippen LogP contribution in [0.3, 0.4) is 0 Å². The quantitative estimate of drug-likeness (QED) is 0.699. The van der Waals surface area contributed by atoms with E-state index in [1.165, 1.54) is 24.3 Å². The Bertz CT molecular complexity index is 911. The molecular formula is C15H16O7S2. The maximum absolute atomic E-state index is 11.5. The number of aryl methyl sites for hydroxylation is 2. The van der Waals surface area contributed by atoms with E-state index in [2.05, 4.69) is 0 Å². The first-order valence-corrected chi connectivity index (χ1v) is 9.63. The summed E-state index contributed by atoms with van der Waals surface area (Å²) in [7, 11) is -9.27. The van der Waals surface area contributed by atoms with E-state index < -0.39 is 36.1 Å². The molecule has 0 aliphatic rings. The molecule has 0 saturated heterocycles. The van der Waals surface area contributed by atoms with E-state index in [9.17, 15) is 31.0 Å². The van der Waals surface area contributed by atoms with Gasteiger partial charge in [0, 0.05) is 11.1 Å². The summed E-state index contributed by atoms with van der Waals surface area (Å²) in [5, 5.41) is 10.6. The van der Waals surface area contributed by atoms with Crippen LogP contribution in [0, 0.1) is 13.8 Å². The van der Waals surface area contributed by atoms with Crippen molar-refractivity contribution >= 4 is 20.2 Å². The van der Waals surface area contributed by atoms with Gasteiger partial charge >= 0.3 is 0 Å². The summed E-state index contributed by atoms with van der Waals surface area (Å²) in [6.07, 6.45) is -1.68. The second-order valence-corrected chi connectivity index (χ2v) is 8.22. The summed E-state index contributed by atoms with van der Waals surface area (Å²) in [4.78, 5) is -1.08. The Morgan fingerprint density at radius 3 is 1.38 bits per heavy atom. The van der Waals surface area contributed by atoms with E-state index in [4.69, 9.17) is 0 Å². The Morgan fingerprint density at radius 2 is 1.08 bits per heavy atom. The lowest BCUT2D eigenvalue weighted by atomic mass is 9.98. The lowest BCUT2D eigenvalue weighted by Gasteiger charge is -2.18. The van der Waals surface area contributed by atoms with Gasteiger partial charge in [0.05, 0.1) is 0 Å². The molecule has 0 spiro atoms. The average molecular weight is 372 g/mol. The van der Waals surface area contributed by atoms with Crippen molar-refractivity contribution in [2.75, 3.05) is 0 Å². The third kappa shape index (κ3) is 3.82. The van der Waals surface area contributed by atoms with Crippen molar-refractivity contribution in [1.82, 2.24) is 0 Å². The largest absolute Gasteiger partial charge is 0.384 e. The summed E-state index contributed by atoms with van der Waals surface area (Å²) in [5.41, 5.74) is 0.816. The van der Waals surface area contributed by atoms with Gasteiger partial charge in [-0.2, -0.15) is 16.8 Å². The molecule has 0 amide bonds. The zero-order valence-electron chi connectivity index (χ0n) is 12.8. The number of hydrogen-bond donors (Lipinski definition) is 3. The van der Waals surface area contributed by atoms with E-state index in [1.54, 1.807) is 13.8 Å². The highest BCUT2D eigenvalue weighted by Gasteiger charge is 2.27. The van der Waals surface area contributed by atoms with E-state index in [0.29, 0.717) is 11.1 Å². The fraction of sp³-hybridized carbons (Fsp3) is 0.200. The first-order chi connectivity index (χ1) is 10.9. The molecule has 0 heterocycles. The zero-order chi connectivity index (χ0) is 18.3. The molecule has 130 valence electrons. The van der Waals surface area contributed by atoms with Gasteiger partial charge in [0.15, 0.2) is 0 Å². The molecule has 0 fully saturated rings. The highest BCUT2D eigenvalue weighted by atomic mass is 32.2. The number of rotatable bonds is 4. The second-order valence-electron chi connectivity index (χ2n) is 5.44.